The molecule has 3 spiro atoms. The predicted octanol–water partition coefficient (Wildman–Crippen LogP) is 3.23. The number of piperidine rings is 1. The van der Waals surface area contributed by atoms with Crippen molar-refractivity contribution < 1.29 is 23.5 Å². The van der Waals surface area contributed by atoms with Crippen LogP contribution in [-0.4, -0.2) is 66.5 Å². The van der Waals surface area contributed by atoms with Crippen LogP contribution >= 0.6 is 0 Å². The minimum absolute atomic E-state index is 0.0444. The van der Waals surface area contributed by atoms with E-state index in [1.165, 1.54) is 4.90 Å². The highest BCUT2D eigenvalue weighted by Crippen LogP contribution is 2.69. The predicted molar refractivity (Wildman–Crippen MR) is 132 cm³/mol. The second kappa shape index (κ2) is 6.78. The zero-order valence-electron chi connectivity index (χ0n) is 22.0. The van der Waals surface area contributed by atoms with Crippen molar-refractivity contribution in [3.05, 3.63) is 11.6 Å². The third-order valence-corrected chi connectivity index (χ3v) is 14.8. The number of ether oxygens (including phenoxy) is 1. The van der Waals surface area contributed by atoms with E-state index in [-0.39, 0.29) is 35.1 Å². The molecule has 0 unspecified atom stereocenters. The van der Waals surface area contributed by atoms with Crippen molar-refractivity contribution in [3.63, 3.8) is 0 Å². The van der Waals surface area contributed by atoms with Gasteiger partial charge in [0.25, 0.3) is 0 Å². The standard InChI is InChI=1S/C26H39N3O5Si/c1-14(2)27-22(32)29-21(31)24-13-15-9-8-11-25(15,29)17-18-19(33-18)26(24,28-20(17)30)12-10-16(24)34-35(6,7)23(3,4)5/h13-14,16-19H,8-12H2,1-7H3,(H,27,32)(H,28,30)/t16-,17+,18+,19+,24-,25+,26+/m1/s1. The molecule has 0 radical (unpaired) electrons. The van der Waals surface area contributed by atoms with Crippen LogP contribution in [0.3, 0.4) is 0 Å². The minimum Gasteiger partial charge on any atom is -0.412 e. The fourth-order valence-corrected chi connectivity index (χ4v) is 9.17. The Bertz CT molecular complexity index is 1070. The van der Waals surface area contributed by atoms with E-state index in [4.69, 9.17) is 9.16 Å². The number of epoxide rings is 1. The van der Waals surface area contributed by atoms with Crippen LogP contribution in [0.1, 0.15) is 66.7 Å². The molecule has 6 fully saturated rings. The number of rotatable bonds is 3. The number of carbonyl (C=O) groups excluding carboxylic acids is 3. The second-order valence-corrected chi connectivity index (χ2v) is 18.2. The number of nitrogens with one attached hydrogen (secondary N) is 2. The summed E-state index contributed by atoms with van der Waals surface area (Å²) in [5.41, 5.74) is -1.93. The molecule has 6 heterocycles. The van der Waals surface area contributed by atoms with E-state index in [1.54, 1.807) is 0 Å². The van der Waals surface area contributed by atoms with E-state index in [9.17, 15) is 14.4 Å². The first-order chi connectivity index (χ1) is 16.2. The molecule has 4 saturated heterocycles. The first-order valence-corrected chi connectivity index (χ1v) is 16.2. The van der Waals surface area contributed by atoms with Crippen molar-refractivity contribution >= 4 is 26.2 Å². The molecule has 9 heteroatoms. The molecule has 4 amide bonds. The van der Waals surface area contributed by atoms with Crippen LogP contribution in [0.25, 0.3) is 0 Å². The van der Waals surface area contributed by atoms with Gasteiger partial charge in [0.05, 0.1) is 23.1 Å². The van der Waals surface area contributed by atoms with Gasteiger partial charge in [-0.1, -0.05) is 26.8 Å². The summed E-state index contributed by atoms with van der Waals surface area (Å²) >= 11 is 0. The maximum atomic E-state index is 14.9. The number of hydrogen-bond donors (Lipinski definition) is 2. The zero-order chi connectivity index (χ0) is 25.3. The Hall–Kier alpha value is -1.71. The lowest BCUT2D eigenvalue weighted by molar-refractivity contribution is -0.163. The monoisotopic (exact) mass is 501 g/mol. The molecule has 35 heavy (non-hydrogen) atoms. The molecule has 192 valence electrons. The molecule has 9 rings (SSSR count). The lowest BCUT2D eigenvalue weighted by Crippen LogP contribution is -2.82. The highest BCUT2D eigenvalue weighted by Gasteiger charge is 2.84. The van der Waals surface area contributed by atoms with Crippen LogP contribution in [-0.2, 0) is 18.8 Å². The molecular weight excluding hydrogens is 462 g/mol. The van der Waals surface area contributed by atoms with Gasteiger partial charge in [-0.05, 0) is 69.7 Å². The molecule has 0 aromatic carbocycles. The van der Waals surface area contributed by atoms with E-state index in [1.807, 2.05) is 13.8 Å². The van der Waals surface area contributed by atoms with E-state index in [0.29, 0.717) is 19.3 Å². The SMILES string of the molecule is CC(C)NC(=O)N1C(=O)[C@]23C=C4CCC[C@@]41[C@@H]1C(=O)N[C@@]2(CC[C@H]3O[Si](C)(C)C(C)(C)C)[C@H]2O[C@@H]12. The first kappa shape index (κ1) is 23.7. The van der Waals surface area contributed by atoms with Gasteiger partial charge in [-0.2, -0.15) is 0 Å². The summed E-state index contributed by atoms with van der Waals surface area (Å²) in [6, 6.07) is -0.530. The Morgan fingerprint density at radius 3 is 2.66 bits per heavy atom. The Morgan fingerprint density at radius 1 is 1.29 bits per heavy atom. The molecule has 6 aliphatic heterocycles. The summed E-state index contributed by atoms with van der Waals surface area (Å²) in [7, 11) is -2.27. The number of imide groups is 1. The Balaban J connectivity index is 1.60. The summed E-state index contributed by atoms with van der Waals surface area (Å²) in [6.45, 7) is 14.8. The summed E-state index contributed by atoms with van der Waals surface area (Å²) in [4.78, 5) is 44.0. The van der Waals surface area contributed by atoms with E-state index >= 15 is 0 Å². The molecule has 4 bridgehead atoms. The second-order valence-electron chi connectivity index (χ2n) is 13.4. The largest absolute Gasteiger partial charge is 0.412 e. The van der Waals surface area contributed by atoms with E-state index in [0.717, 1.165) is 18.4 Å². The third-order valence-electron chi connectivity index (χ3n) is 10.3. The van der Waals surface area contributed by atoms with Crippen LogP contribution < -0.4 is 10.6 Å². The lowest BCUT2D eigenvalue weighted by Gasteiger charge is -2.61. The van der Waals surface area contributed by atoms with Crippen LogP contribution in [0.2, 0.25) is 18.1 Å². The van der Waals surface area contributed by atoms with Crippen molar-refractivity contribution in [3.8, 4) is 0 Å². The Kier molecular flexibility index (Phi) is 4.58. The van der Waals surface area contributed by atoms with Gasteiger partial charge in [-0.3, -0.25) is 14.5 Å². The highest BCUT2D eigenvalue weighted by atomic mass is 28.4. The van der Waals surface area contributed by atoms with Gasteiger partial charge >= 0.3 is 6.03 Å². The average Bonchev–Trinajstić information content (AvgIpc) is 3.32. The summed E-state index contributed by atoms with van der Waals surface area (Å²) in [5.74, 6) is -0.864. The van der Waals surface area contributed by atoms with Gasteiger partial charge < -0.3 is 19.8 Å². The number of urea groups is 1. The Morgan fingerprint density at radius 2 is 2.00 bits per heavy atom. The molecule has 0 aromatic rings. The van der Waals surface area contributed by atoms with Gasteiger partial charge in [0.1, 0.15) is 17.6 Å². The van der Waals surface area contributed by atoms with Crippen molar-refractivity contribution in [2.24, 2.45) is 11.3 Å². The van der Waals surface area contributed by atoms with Crippen molar-refractivity contribution in [1.82, 2.24) is 15.5 Å². The van der Waals surface area contributed by atoms with Crippen LogP contribution in [0.15, 0.2) is 11.6 Å². The zero-order valence-corrected chi connectivity index (χ0v) is 23.0. The minimum atomic E-state index is -2.27. The van der Waals surface area contributed by atoms with E-state index < -0.39 is 42.9 Å². The number of hydrogen-bond acceptors (Lipinski definition) is 5. The number of amides is 4. The lowest BCUT2D eigenvalue weighted by atomic mass is 9.54. The summed E-state index contributed by atoms with van der Waals surface area (Å²) in [6.07, 6.45) is 4.73. The van der Waals surface area contributed by atoms with Gasteiger partial charge in [0.15, 0.2) is 8.32 Å². The molecule has 0 aromatic heterocycles. The smallest absolute Gasteiger partial charge is 0.325 e. The molecular formula is C26H39N3O5Si. The molecule has 9 aliphatic rings. The quantitative estimate of drug-likeness (QED) is 0.351. The van der Waals surface area contributed by atoms with Crippen molar-refractivity contribution in [1.29, 1.82) is 0 Å². The van der Waals surface area contributed by atoms with E-state index in [2.05, 4.69) is 50.6 Å². The maximum Gasteiger partial charge on any atom is 0.325 e. The van der Waals surface area contributed by atoms with Gasteiger partial charge in [-0.15, -0.1) is 0 Å². The fraction of sp³-hybridized carbons (Fsp3) is 0.808. The topological polar surface area (TPSA) is 100 Å². The third kappa shape index (κ3) is 2.62. The number of carbonyl (C=O) groups is 3. The van der Waals surface area contributed by atoms with Gasteiger partial charge in [0, 0.05) is 6.04 Å². The first-order valence-electron chi connectivity index (χ1n) is 13.3. The van der Waals surface area contributed by atoms with Crippen LogP contribution in [0.4, 0.5) is 4.79 Å². The fourth-order valence-electron chi connectivity index (χ4n) is 7.80. The molecule has 8 nitrogen and oxygen atoms in total. The van der Waals surface area contributed by atoms with Crippen molar-refractivity contribution in [2.75, 3.05) is 0 Å². The maximum absolute atomic E-state index is 14.9. The molecule has 7 atom stereocenters. The summed E-state index contributed by atoms with van der Waals surface area (Å²) in [5, 5.41) is 6.29. The average molecular weight is 502 g/mol. The number of nitrogens with zero attached hydrogens (tertiary/aromatic N) is 1. The normalized spacial score (nSPS) is 43.3. The highest BCUT2D eigenvalue weighted by molar-refractivity contribution is 6.74. The molecule has 2 saturated carbocycles. The van der Waals surface area contributed by atoms with Crippen molar-refractivity contribution in [2.45, 2.75) is 120 Å². The Labute approximate surface area is 208 Å². The molecule has 3 aliphatic carbocycles. The van der Waals surface area contributed by atoms with Crippen LogP contribution in [0, 0.1) is 11.3 Å². The van der Waals surface area contributed by atoms with Gasteiger partial charge in [0.2, 0.25) is 11.8 Å². The van der Waals surface area contributed by atoms with Gasteiger partial charge in [-0.25, -0.2) is 4.79 Å². The molecule has 2 N–H and O–H groups in total. The summed E-state index contributed by atoms with van der Waals surface area (Å²) < 4.78 is 13.3. The van der Waals surface area contributed by atoms with Crippen LogP contribution in [0.5, 0.6) is 0 Å².